The molecule has 0 unspecified atom stereocenters. The number of carbonyl (C=O) groups excluding carboxylic acids is 1. The lowest BCUT2D eigenvalue weighted by atomic mass is 9.69. The molecule has 6 nitrogen and oxygen atoms in total. The van der Waals surface area contributed by atoms with Crippen LogP contribution in [-0.4, -0.2) is 37.6 Å². The van der Waals surface area contributed by atoms with Crippen LogP contribution < -0.4 is 0 Å². The molecule has 2 aliphatic rings. The van der Waals surface area contributed by atoms with Crippen LogP contribution in [0.4, 0.5) is 0 Å². The van der Waals surface area contributed by atoms with E-state index in [1.54, 1.807) is 26.0 Å². The first-order chi connectivity index (χ1) is 9.96. The van der Waals surface area contributed by atoms with Crippen LogP contribution in [0.15, 0.2) is 35.3 Å². The first-order valence-corrected chi connectivity index (χ1v) is 6.60. The van der Waals surface area contributed by atoms with Crippen LogP contribution in [0.2, 0.25) is 0 Å². The van der Waals surface area contributed by atoms with E-state index in [4.69, 9.17) is 18.9 Å². The van der Waals surface area contributed by atoms with Gasteiger partial charge in [0.1, 0.15) is 0 Å². The number of fused-ring (bicyclic) bond motifs is 1. The molecule has 0 N–H and O–H groups in total. The molecule has 0 radical (unpaired) electrons. The first-order valence-electron chi connectivity index (χ1n) is 6.60. The monoisotopic (exact) mass is 291 g/mol. The maximum absolute atomic E-state index is 12.5. The molecule has 1 aromatic carbocycles. The number of ether oxygens (including phenoxy) is 4. The minimum atomic E-state index is -1.40. The molecule has 2 aliphatic heterocycles. The fourth-order valence-electron chi connectivity index (χ4n) is 3.17. The molecule has 2 heterocycles. The number of aliphatic imine (C=N–C) groups is 1. The Kier molecular flexibility index (Phi) is 2.86. The number of methoxy groups -OCH3 is 2. The summed E-state index contributed by atoms with van der Waals surface area (Å²) in [6.45, 7) is 3.46. The summed E-state index contributed by atoms with van der Waals surface area (Å²) in [5.41, 5.74) is -1.81. The molecule has 21 heavy (non-hydrogen) atoms. The number of benzene rings is 1. The summed E-state index contributed by atoms with van der Waals surface area (Å²) in [4.78, 5) is 17.0. The highest BCUT2D eigenvalue weighted by Crippen LogP contribution is 2.62. The van der Waals surface area contributed by atoms with Gasteiger partial charge in [0.05, 0.1) is 7.11 Å². The Balaban J connectivity index is 2.19. The Bertz CT molecular complexity index is 616. The van der Waals surface area contributed by atoms with E-state index in [-0.39, 0.29) is 0 Å². The lowest BCUT2D eigenvalue weighted by Crippen LogP contribution is -2.80. The van der Waals surface area contributed by atoms with Crippen LogP contribution in [0.1, 0.15) is 19.4 Å². The Morgan fingerprint density at radius 3 is 2.48 bits per heavy atom. The van der Waals surface area contributed by atoms with Crippen LogP contribution in [0.5, 0.6) is 0 Å². The number of nitrogens with zero attached hydrogens (tertiary/aromatic N) is 1. The fraction of sp³-hybridized carbons (Fsp3) is 0.467. The second kappa shape index (κ2) is 4.29. The number of hydrogen-bond acceptors (Lipinski definition) is 6. The second-order valence-electron chi connectivity index (χ2n) is 5.21. The van der Waals surface area contributed by atoms with Crippen molar-refractivity contribution in [3.05, 3.63) is 35.9 Å². The van der Waals surface area contributed by atoms with Gasteiger partial charge >= 0.3 is 11.9 Å². The Morgan fingerprint density at radius 1 is 1.24 bits per heavy atom. The standard InChI is InChI=1S/C15H17NO5/c1-10-16-13(2)14(12(17)18-3,11-8-6-5-7-9-11)21-15(13,19-4)20-10/h5-9H,1-4H3/t13-,14+,15-/m1/s1. The molecule has 0 bridgehead atoms. The van der Waals surface area contributed by atoms with E-state index in [9.17, 15) is 4.79 Å². The van der Waals surface area contributed by atoms with Crippen LogP contribution in [-0.2, 0) is 29.3 Å². The fourth-order valence-corrected chi connectivity index (χ4v) is 3.17. The van der Waals surface area contributed by atoms with Crippen molar-refractivity contribution >= 4 is 11.9 Å². The summed E-state index contributed by atoms with van der Waals surface area (Å²) in [5, 5.41) is 0. The molecule has 0 amide bonds. The Morgan fingerprint density at radius 2 is 1.90 bits per heavy atom. The van der Waals surface area contributed by atoms with E-state index in [1.807, 2.05) is 18.2 Å². The highest BCUT2D eigenvalue weighted by Gasteiger charge is 2.84. The Labute approximate surface area is 122 Å². The summed E-state index contributed by atoms with van der Waals surface area (Å²) < 4.78 is 21.8. The van der Waals surface area contributed by atoms with Crippen molar-refractivity contribution in [3.8, 4) is 0 Å². The van der Waals surface area contributed by atoms with Crippen molar-refractivity contribution in [2.75, 3.05) is 14.2 Å². The van der Waals surface area contributed by atoms with Crippen LogP contribution >= 0.6 is 0 Å². The molecule has 112 valence electrons. The zero-order chi connectivity index (χ0) is 15.3. The minimum Gasteiger partial charge on any atom is -0.467 e. The van der Waals surface area contributed by atoms with Crippen LogP contribution in [0, 0.1) is 0 Å². The number of carbonyl (C=O) groups is 1. The van der Waals surface area contributed by atoms with Crippen molar-refractivity contribution in [1.82, 2.24) is 0 Å². The van der Waals surface area contributed by atoms with Crippen LogP contribution in [0.3, 0.4) is 0 Å². The number of hydrogen-bond donors (Lipinski definition) is 0. The zero-order valence-electron chi connectivity index (χ0n) is 12.4. The summed E-state index contributed by atoms with van der Waals surface area (Å²) in [6.07, 6.45) is 0. The lowest BCUT2D eigenvalue weighted by molar-refractivity contribution is -0.487. The van der Waals surface area contributed by atoms with Gasteiger partial charge in [-0.3, -0.25) is 4.74 Å². The van der Waals surface area contributed by atoms with Crippen molar-refractivity contribution in [1.29, 1.82) is 0 Å². The smallest absolute Gasteiger partial charge is 0.359 e. The van der Waals surface area contributed by atoms with Gasteiger partial charge in [-0.25, -0.2) is 9.79 Å². The van der Waals surface area contributed by atoms with Crippen molar-refractivity contribution in [2.45, 2.75) is 31.0 Å². The summed E-state index contributed by atoms with van der Waals surface area (Å²) in [7, 11) is 2.78. The highest BCUT2D eigenvalue weighted by molar-refractivity contribution is 5.88. The van der Waals surface area contributed by atoms with Crippen molar-refractivity contribution in [3.63, 3.8) is 0 Å². The van der Waals surface area contributed by atoms with Gasteiger partial charge in [0.15, 0.2) is 11.4 Å². The van der Waals surface area contributed by atoms with Crippen molar-refractivity contribution < 1.29 is 23.7 Å². The van der Waals surface area contributed by atoms with Gasteiger partial charge in [-0.2, -0.15) is 0 Å². The second-order valence-corrected chi connectivity index (χ2v) is 5.21. The first kappa shape index (κ1) is 14.0. The molecule has 0 aliphatic carbocycles. The SMILES string of the molecule is COC(=O)[C@]1(c2ccccc2)O[C@]2(OC)OC(C)=N[C@@]21C. The predicted octanol–water partition coefficient (Wildman–Crippen LogP) is 1.59. The molecule has 3 rings (SSSR count). The largest absolute Gasteiger partial charge is 0.467 e. The van der Waals surface area contributed by atoms with E-state index < -0.39 is 23.1 Å². The normalized spacial score (nSPS) is 37.0. The molecule has 0 saturated carbocycles. The molecule has 6 heteroatoms. The molecular weight excluding hydrogens is 274 g/mol. The van der Waals surface area contributed by atoms with Gasteiger partial charge in [0, 0.05) is 14.0 Å². The molecule has 0 aromatic heterocycles. The van der Waals surface area contributed by atoms with Gasteiger partial charge in [-0.15, -0.1) is 0 Å². The summed E-state index contributed by atoms with van der Waals surface area (Å²) >= 11 is 0. The van der Waals surface area contributed by atoms with E-state index in [0.717, 1.165) is 0 Å². The molecule has 1 fully saturated rings. The van der Waals surface area contributed by atoms with Crippen LogP contribution in [0.25, 0.3) is 0 Å². The maximum Gasteiger partial charge on any atom is 0.359 e. The van der Waals surface area contributed by atoms with E-state index >= 15 is 0 Å². The van der Waals surface area contributed by atoms with Gasteiger partial charge in [-0.05, 0) is 12.5 Å². The van der Waals surface area contributed by atoms with E-state index in [1.165, 1.54) is 14.2 Å². The van der Waals surface area contributed by atoms with Crippen molar-refractivity contribution in [2.24, 2.45) is 4.99 Å². The summed E-state index contributed by atoms with van der Waals surface area (Å²) in [5.74, 6) is -1.53. The third-order valence-corrected chi connectivity index (χ3v) is 4.15. The minimum absolute atomic E-state index is 0.404. The topological polar surface area (TPSA) is 66.4 Å². The molecule has 1 saturated heterocycles. The number of esters is 1. The predicted molar refractivity (Wildman–Crippen MR) is 73.6 cm³/mol. The molecular formula is C15H17NO5. The average Bonchev–Trinajstić information content (AvgIpc) is 2.70. The lowest BCUT2D eigenvalue weighted by Gasteiger charge is -2.58. The maximum atomic E-state index is 12.5. The quantitative estimate of drug-likeness (QED) is 0.791. The van der Waals surface area contributed by atoms with Gasteiger partial charge in [0.25, 0.3) is 0 Å². The zero-order valence-corrected chi connectivity index (χ0v) is 12.4. The molecule has 3 atom stereocenters. The Hall–Kier alpha value is -1.92. The molecule has 0 spiro atoms. The molecule has 1 aromatic rings. The third-order valence-electron chi connectivity index (χ3n) is 4.15. The van der Waals surface area contributed by atoms with E-state index in [0.29, 0.717) is 11.5 Å². The highest BCUT2D eigenvalue weighted by atomic mass is 16.9. The third kappa shape index (κ3) is 1.43. The summed E-state index contributed by atoms with van der Waals surface area (Å²) in [6, 6.07) is 9.10. The van der Waals surface area contributed by atoms with E-state index in [2.05, 4.69) is 4.99 Å². The average molecular weight is 291 g/mol. The van der Waals surface area contributed by atoms with Gasteiger partial charge in [0.2, 0.25) is 5.60 Å². The van der Waals surface area contributed by atoms with Gasteiger partial charge in [-0.1, -0.05) is 30.3 Å². The van der Waals surface area contributed by atoms with Gasteiger partial charge < -0.3 is 14.2 Å². The number of rotatable bonds is 3.